The Morgan fingerprint density at radius 1 is 1.00 bits per heavy atom. The van der Waals surface area contributed by atoms with Crippen molar-refractivity contribution in [3.05, 3.63) is 59.7 Å². The number of carboxylic acid groups (broad SMARTS) is 1. The Bertz CT molecular complexity index is 713. The van der Waals surface area contributed by atoms with E-state index in [0.717, 1.165) is 22.6 Å². The number of ether oxygens (including phenoxy) is 1. The summed E-state index contributed by atoms with van der Waals surface area (Å²) in [5.74, 6) is -0.133. The van der Waals surface area contributed by atoms with Gasteiger partial charge in [0.2, 0.25) is 5.91 Å². The number of carboxylic acids is 1. The van der Waals surface area contributed by atoms with Gasteiger partial charge in [0.05, 0.1) is 0 Å². The fourth-order valence-corrected chi connectivity index (χ4v) is 2.43. The molecule has 0 atom stereocenters. The molecular weight excluding hydrogens is 318 g/mol. The van der Waals surface area contributed by atoms with Crippen LogP contribution < -0.4 is 10.1 Å². The normalized spacial score (nSPS) is 10.3. The molecule has 0 heterocycles. The minimum atomic E-state index is -0.831. The number of carbonyl (C=O) groups excluding carboxylic acids is 1. The van der Waals surface area contributed by atoms with E-state index in [0.29, 0.717) is 25.9 Å². The maximum absolute atomic E-state index is 12.0. The lowest BCUT2D eigenvalue weighted by molar-refractivity contribution is -0.137. The van der Waals surface area contributed by atoms with Crippen LogP contribution >= 0.6 is 0 Å². The average molecular weight is 341 g/mol. The van der Waals surface area contributed by atoms with Gasteiger partial charge in [0, 0.05) is 18.5 Å². The Kier molecular flexibility index (Phi) is 7.01. The Balaban J connectivity index is 1.89. The van der Waals surface area contributed by atoms with Crippen LogP contribution in [0.4, 0.5) is 5.69 Å². The predicted molar refractivity (Wildman–Crippen MR) is 96.7 cm³/mol. The maximum atomic E-state index is 12.0. The number of hydrogen-bond donors (Lipinski definition) is 2. The van der Waals surface area contributed by atoms with Crippen LogP contribution in [0.2, 0.25) is 0 Å². The van der Waals surface area contributed by atoms with Crippen molar-refractivity contribution < 1.29 is 19.4 Å². The van der Waals surface area contributed by atoms with E-state index in [1.54, 1.807) is 0 Å². The highest BCUT2D eigenvalue weighted by molar-refractivity contribution is 5.91. The van der Waals surface area contributed by atoms with Crippen molar-refractivity contribution in [3.8, 4) is 5.75 Å². The van der Waals surface area contributed by atoms with Crippen molar-refractivity contribution >= 4 is 17.6 Å². The zero-order valence-corrected chi connectivity index (χ0v) is 14.3. The van der Waals surface area contributed by atoms with Crippen molar-refractivity contribution in [1.82, 2.24) is 0 Å². The van der Waals surface area contributed by atoms with E-state index in [2.05, 4.69) is 5.32 Å². The number of rotatable bonds is 9. The number of para-hydroxylation sites is 1. The Hall–Kier alpha value is -2.82. The Labute approximate surface area is 147 Å². The lowest BCUT2D eigenvalue weighted by Gasteiger charge is -2.13. The SMILES string of the molecule is Cc1c(COc2ccccc2)cccc1NC(=O)CCCCC(=O)O. The van der Waals surface area contributed by atoms with Gasteiger partial charge in [-0.2, -0.15) is 0 Å². The van der Waals surface area contributed by atoms with Crippen LogP contribution in [-0.4, -0.2) is 17.0 Å². The van der Waals surface area contributed by atoms with E-state index in [4.69, 9.17) is 9.84 Å². The van der Waals surface area contributed by atoms with Crippen LogP contribution in [0, 0.1) is 6.92 Å². The molecule has 2 rings (SSSR count). The third-order valence-corrected chi connectivity index (χ3v) is 3.90. The van der Waals surface area contributed by atoms with Gasteiger partial charge in [-0.05, 0) is 49.1 Å². The minimum Gasteiger partial charge on any atom is -0.489 e. The van der Waals surface area contributed by atoms with Crippen molar-refractivity contribution in [2.24, 2.45) is 0 Å². The molecule has 0 aliphatic heterocycles. The summed E-state index contributed by atoms with van der Waals surface area (Å²) in [5, 5.41) is 11.5. The molecule has 0 saturated carbocycles. The van der Waals surface area contributed by atoms with Crippen molar-refractivity contribution in [2.75, 3.05) is 5.32 Å². The number of anilines is 1. The fraction of sp³-hybridized carbons (Fsp3) is 0.300. The van der Waals surface area contributed by atoms with Crippen molar-refractivity contribution in [1.29, 1.82) is 0 Å². The molecule has 2 aromatic carbocycles. The van der Waals surface area contributed by atoms with Crippen LogP contribution in [0.5, 0.6) is 5.75 Å². The molecule has 0 aliphatic rings. The standard InChI is InChI=1S/C20H23NO4/c1-15-16(14-25-17-9-3-2-4-10-17)8-7-11-18(15)21-19(22)12-5-6-13-20(23)24/h2-4,7-11H,5-6,12-14H2,1H3,(H,21,22)(H,23,24). The molecule has 1 amide bonds. The van der Waals surface area contributed by atoms with E-state index in [1.165, 1.54) is 0 Å². The summed E-state index contributed by atoms with van der Waals surface area (Å²) in [6.07, 6.45) is 1.48. The molecule has 5 heteroatoms. The van der Waals surface area contributed by atoms with E-state index >= 15 is 0 Å². The quantitative estimate of drug-likeness (QED) is 0.672. The lowest BCUT2D eigenvalue weighted by Crippen LogP contribution is -2.13. The molecule has 0 fully saturated rings. The average Bonchev–Trinajstić information content (AvgIpc) is 2.60. The molecule has 0 unspecified atom stereocenters. The molecule has 0 spiro atoms. The van der Waals surface area contributed by atoms with E-state index < -0.39 is 5.97 Å². The summed E-state index contributed by atoms with van der Waals surface area (Å²) in [6, 6.07) is 15.3. The number of benzene rings is 2. The summed E-state index contributed by atoms with van der Waals surface area (Å²) < 4.78 is 5.77. The molecule has 5 nitrogen and oxygen atoms in total. The molecule has 0 saturated heterocycles. The highest BCUT2D eigenvalue weighted by Crippen LogP contribution is 2.21. The van der Waals surface area contributed by atoms with Gasteiger partial charge >= 0.3 is 5.97 Å². The molecule has 25 heavy (non-hydrogen) atoms. The van der Waals surface area contributed by atoms with E-state index in [9.17, 15) is 9.59 Å². The van der Waals surface area contributed by atoms with Crippen LogP contribution in [0.15, 0.2) is 48.5 Å². The predicted octanol–water partition coefficient (Wildman–Crippen LogP) is 4.16. The largest absolute Gasteiger partial charge is 0.489 e. The van der Waals surface area contributed by atoms with E-state index in [1.807, 2.05) is 55.5 Å². The van der Waals surface area contributed by atoms with Gasteiger partial charge in [-0.25, -0.2) is 0 Å². The molecule has 0 aromatic heterocycles. The summed E-state index contributed by atoms with van der Waals surface area (Å²) in [6.45, 7) is 2.38. The molecule has 2 N–H and O–H groups in total. The topological polar surface area (TPSA) is 75.6 Å². The van der Waals surface area contributed by atoms with Gasteiger partial charge in [-0.15, -0.1) is 0 Å². The molecule has 0 aliphatic carbocycles. The zero-order chi connectivity index (χ0) is 18.1. The molecule has 132 valence electrons. The second kappa shape index (κ2) is 9.47. The smallest absolute Gasteiger partial charge is 0.303 e. The number of hydrogen-bond acceptors (Lipinski definition) is 3. The second-order valence-electron chi connectivity index (χ2n) is 5.84. The lowest BCUT2D eigenvalue weighted by atomic mass is 10.1. The highest BCUT2D eigenvalue weighted by Gasteiger charge is 2.09. The first-order chi connectivity index (χ1) is 12.1. The van der Waals surface area contributed by atoms with Gasteiger partial charge in [-0.3, -0.25) is 9.59 Å². The minimum absolute atomic E-state index is 0.0959. The Morgan fingerprint density at radius 3 is 2.44 bits per heavy atom. The molecular formula is C20H23NO4. The number of amides is 1. The monoisotopic (exact) mass is 341 g/mol. The Morgan fingerprint density at radius 2 is 1.72 bits per heavy atom. The van der Waals surface area contributed by atoms with Gasteiger partial charge in [0.25, 0.3) is 0 Å². The first-order valence-electron chi connectivity index (χ1n) is 8.34. The second-order valence-corrected chi connectivity index (χ2v) is 5.84. The molecule has 0 bridgehead atoms. The number of aliphatic carboxylic acids is 1. The highest BCUT2D eigenvalue weighted by atomic mass is 16.5. The van der Waals surface area contributed by atoms with E-state index in [-0.39, 0.29) is 12.3 Å². The summed E-state index contributed by atoms with van der Waals surface area (Å²) in [7, 11) is 0. The molecule has 2 aromatic rings. The first-order valence-corrected chi connectivity index (χ1v) is 8.34. The van der Waals surface area contributed by atoms with Gasteiger partial charge in [-0.1, -0.05) is 30.3 Å². The van der Waals surface area contributed by atoms with Gasteiger partial charge in [0.15, 0.2) is 0 Å². The van der Waals surface area contributed by atoms with Crippen molar-refractivity contribution in [3.63, 3.8) is 0 Å². The summed E-state index contributed by atoms with van der Waals surface area (Å²) in [4.78, 5) is 22.5. The first kappa shape index (κ1) is 18.5. The maximum Gasteiger partial charge on any atom is 0.303 e. The number of unbranched alkanes of at least 4 members (excludes halogenated alkanes) is 1. The third-order valence-electron chi connectivity index (χ3n) is 3.90. The summed E-state index contributed by atoms with van der Waals surface area (Å²) >= 11 is 0. The zero-order valence-electron chi connectivity index (χ0n) is 14.3. The van der Waals surface area contributed by atoms with Crippen LogP contribution in [0.3, 0.4) is 0 Å². The van der Waals surface area contributed by atoms with Gasteiger partial charge < -0.3 is 15.2 Å². The van der Waals surface area contributed by atoms with Crippen LogP contribution in [0.25, 0.3) is 0 Å². The fourth-order valence-electron chi connectivity index (χ4n) is 2.43. The number of carbonyl (C=O) groups is 2. The third kappa shape index (κ3) is 6.30. The van der Waals surface area contributed by atoms with Crippen LogP contribution in [-0.2, 0) is 16.2 Å². The number of nitrogens with one attached hydrogen (secondary N) is 1. The van der Waals surface area contributed by atoms with Crippen molar-refractivity contribution in [2.45, 2.75) is 39.2 Å². The summed E-state index contributed by atoms with van der Waals surface area (Å²) in [5.41, 5.74) is 2.74. The van der Waals surface area contributed by atoms with Gasteiger partial charge in [0.1, 0.15) is 12.4 Å². The molecule has 0 radical (unpaired) electrons. The van der Waals surface area contributed by atoms with Crippen LogP contribution in [0.1, 0.15) is 36.8 Å².